The van der Waals surface area contributed by atoms with E-state index in [1.54, 1.807) is 12.1 Å². The van der Waals surface area contributed by atoms with Crippen LogP contribution in [0.25, 0.3) is 11.1 Å². The third kappa shape index (κ3) is 5.85. The van der Waals surface area contributed by atoms with Crippen molar-refractivity contribution in [1.82, 2.24) is 10.6 Å². The molecule has 1 heterocycles. The monoisotopic (exact) mass is 458 g/mol. The van der Waals surface area contributed by atoms with Crippen LogP contribution in [0.1, 0.15) is 24.0 Å². The molecule has 1 aliphatic rings. The molecule has 0 fully saturated rings. The molecule has 9 nitrogen and oxygen atoms in total. The van der Waals surface area contributed by atoms with E-state index in [0.717, 1.165) is 0 Å². The van der Waals surface area contributed by atoms with Gasteiger partial charge in [0.1, 0.15) is 23.7 Å². The summed E-state index contributed by atoms with van der Waals surface area (Å²) in [5.74, 6) is -3.38. The van der Waals surface area contributed by atoms with E-state index in [0.29, 0.717) is 23.1 Å². The first-order chi connectivity index (χ1) is 15.7. The van der Waals surface area contributed by atoms with Crippen molar-refractivity contribution in [3.05, 3.63) is 53.3 Å². The number of nitrogens with two attached hydrogens (primary N) is 2. The Labute approximate surface area is 190 Å². The minimum absolute atomic E-state index is 0.0114. The number of carboxylic acids is 1. The van der Waals surface area contributed by atoms with Crippen molar-refractivity contribution >= 4 is 17.8 Å². The summed E-state index contributed by atoms with van der Waals surface area (Å²) in [6.07, 6.45) is 0.244. The second-order valence-corrected chi connectivity index (χ2v) is 8.06. The van der Waals surface area contributed by atoms with Crippen molar-refractivity contribution < 1.29 is 29.0 Å². The summed E-state index contributed by atoms with van der Waals surface area (Å²) in [7, 11) is 0. The fourth-order valence-electron chi connectivity index (χ4n) is 3.73. The molecule has 1 unspecified atom stereocenters. The van der Waals surface area contributed by atoms with Gasteiger partial charge in [-0.1, -0.05) is 12.1 Å². The molecule has 0 spiro atoms. The molecule has 0 aromatic heterocycles. The molecule has 2 aromatic carbocycles. The number of carbonyl (C=O) groups excluding carboxylic acids is 2. The number of benzene rings is 2. The lowest BCUT2D eigenvalue weighted by molar-refractivity contribution is -0.142. The maximum atomic E-state index is 14.5. The summed E-state index contributed by atoms with van der Waals surface area (Å²) in [6.45, 7) is 0.257. The zero-order valence-electron chi connectivity index (χ0n) is 17.9. The smallest absolute Gasteiger partial charge is 0.326 e. The number of carbonyl (C=O) groups is 3. The lowest BCUT2D eigenvalue weighted by Crippen LogP contribution is -2.55. The maximum Gasteiger partial charge on any atom is 0.326 e. The summed E-state index contributed by atoms with van der Waals surface area (Å²) in [6, 6.07) is 5.39. The van der Waals surface area contributed by atoms with Crippen molar-refractivity contribution in [3.8, 4) is 16.9 Å². The number of hydrogen-bond acceptors (Lipinski definition) is 6. The van der Waals surface area contributed by atoms with Gasteiger partial charge in [0, 0.05) is 12.8 Å². The van der Waals surface area contributed by atoms with Crippen LogP contribution in [0.3, 0.4) is 0 Å². The number of halogens is 1. The van der Waals surface area contributed by atoms with Gasteiger partial charge in [0.05, 0.1) is 6.04 Å². The highest BCUT2D eigenvalue weighted by Crippen LogP contribution is 2.28. The largest absolute Gasteiger partial charge is 0.508 e. The third-order valence-electron chi connectivity index (χ3n) is 5.60. The highest BCUT2D eigenvalue weighted by molar-refractivity contribution is 5.92. The van der Waals surface area contributed by atoms with Gasteiger partial charge in [0.25, 0.3) is 0 Å². The quantitative estimate of drug-likeness (QED) is 0.386. The molecule has 0 saturated heterocycles. The summed E-state index contributed by atoms with van der Waals surface area (Å²) >= 11 is 0. The third-order valence-corrected chi connectivity index (χ3v) is 5.60. The van der Waals surface area contributed by atoms with E-state index in [1.165, 1.54) is 24.3 Å². The van der Waals surface area contributed by atoms with Crippen LogP contribution in [0.5, 0.6) is 5.75 Å². The molecule has 0 aliphatic carbocycles. The summed E-state index contributed by atoms with van der Waals surface area (Å²) < 4.78 is 14.5. The Kier molecular flexibility index (Phi) is 7.62. The normalized spacial score (nSPS) is 21.4. The SMILES string of the molecule is NCCC[C@@H]1NC(=O)C(N)Cc2cc(ccc2O)-c2ccc(F)c(c2)C[C@@H](C(=O)O)NC1=O. The summed E-state index contributed by atoms with van der Waals surface area (Å²) in [4.78, 5) is 37.4. The average molecular weight is 458 g/mol. The van der Waals surface area contributed by atoms with Crippen LogP contribution >= 0.6 is 0 Å². The molecule has 176 valence electrons. The number of fused-ring (bicyclic) bond motifs is 5. The summed E-state index contributed by atoms with van der Waals surface area (Å²) in [5.41, 5.74) is 13.3. The van der Waals surface area contributed by atoms with Crippen molar-refractivity contribution in [3.63, 3.8) is 0 Å². The molecule has 10 heteroatoms. The van der Waals surface area contributed by atoms with Gasteiger partial charge in [-0.15, -0.1) is 0 Å². The Morgan fingerprint density at radius 1 is 1.03 bits per heavy atom. The Bertz CT molecular complexity index is 1060. The minimum Gasteiger partial charge on any atom is -0.508 e. The average Bonchev–Trinajstić information content (AvgIpc) is 2.78. The minimum atomic E-state index is -1.42. The molecule has 0 radical (unpaired) electrons. The molecule has 1 aliphatic heterocycles. The molecular formula is C23H27FN4O5. The van der Waals surface area contributed by atoms with Gasteiger partial charge in [-0.3, -0.25) is 9.59 Å². The van der Waals surface area contributed by atoms with Crippen LogP contribution in [0.2, 0.25) is 0 Å². The Morgan fingerprint density at radius 3 is 2.36 bits per heavy atom. The molecule has 3 rings (SSSR count). The molecule has 8 N–H and O–H groups in total. The van der Waals surface area contributed by atoms with E-state index in [4.69, 9.17) is 11.5 Å². The van der Waals surface area contributed by atoms with Gasteiger partial charge in [-0.2, -0.15) is 0 Å². The van der Waals surface area contributed by atoms with Gasteiger partial charge in [0.2, 0.25) is 11.8 Å². The lowest BCUT2D eigenvalue weighted by Gasteiger charge is -2.23. The van der Waals surface area contributed by atoms with E-state index in [-0.39, 0.29) is 37.1 Å². The number of aromatic hydroxyl groups is 1. The molecule has 0 saturated carbocycles. The number of amides is 2. The zero-order valence-corrected chi connectivity index (χ0v) is 17.9. The number of nitrogens with one attached hydrogen (secondary N) is 2. The number of rotatable bonds is 4. The second kappa shape index (κ2) is 10.4. The summed E-state index contributed by atoms with van der Waals surface area (Å²) in [5, 5.41) is 24.8. The van der Waals surface area contributed by atoms with Crippen molar-refractivity contribution in [1.29, 1.82) is 0 Å². The van der Waals surface area contributed by atoms with Crippen LogP contribution in [0.15, 0.2) is 36.4 Å². The van der Waals surface area contributed by atoms with Crippen molar-refractivity contribution in [2.24, 2.45) is 11.5 Å². The fourth-order valence-corrected chi connectivity index (χ4v) is 3.73. The van der Waals surface area contributed by atoms with Crippen LogP contribution in [0.4, 0.5) is 4.39 Å². The van der Waals surface area contributed by atoms with Gasteiger partial charge < -0.3 is 32.3 Å². The predicted molar refractivity (Wildman–Crippen MR) is 119 cm³/mol. The molecular weight excluding hydrogens is 431 g/mol. The molecule has 33 heavy (non-hydrogen) atoms. The zero-order chi connectivity index (χ0) is 24.1. The van der Waals surface area contributed by atoms with Crippen molar-refractivity contribution in [2.75, 3.05) is 6.54 Å². The first kappa shape index (κ1) is 24.1. The number of carboxylic acid groups (broad SMARTS) is 1. The fraction of sp³-hybridized carbons (Fsp3) is 0.348. The topological polar surface area (TPSA) is 168 Å². The number of aliphatic carboxylic acids is 1. The van der Waals surface area contributed by atoms with Gasteiger partial charge in [-0.05, 0) is 65.9 Å². The van der Waals surface area contributed by atoms with E-state index < -0.39 is 41.7 Å². The molecule has 2 amide bonds. The van der Waals surface area contributed by atoms with Crippen LogP contribution in [-0.4, -0.2) is 52.7 Å². The first-order valence-corrected chi connectivity index (χ1v) is 10.6. The maximum absolute atomic E-state index is 14.5. The van der Waals surface area contributed by atoms with E-state index >= 15 is 0 Å². The van der Waals surface area contributed by atoms with E-state index in [1.807, 2.05) is 0 Å². The number of phenols is 1. The molecule has 3 atom stereocenters. The van der Waals surface area contributed by atoms with E-state index in [2.05, 4.69) is 10.6 Å². The van der Waals surface area contributed by atoms with Crippen LogP contribution in [-0.2, 0) is 27.2 Å². The Balaban J connectivity index is 2.08. The van der Waals surface area contributed by atoms with Crippen molar-refractivity contribution in [2.45, 2.75) is 43.8 Å². The van der Waals surface area contributed by atoms with E-state index in [9.17, 15) is 29.0 Å². The second-order valence-electron chi connectivity index (χ2n) is 8.06. The number of hydrogen-bond donors (Lipinski definition) is 6. The Hall–Kier alpha value is -3.50. The van der Waals surface area contributed by atoms with Crippen LogP contribution < -0.4 is 22.1 Å². The Morgan fingerprint density at radius 2 is 1.70 bits per heavy atom. The first-order valence-electron chi connectivity index (χ1n) is 10.6. The lowest BCUT2D eigenvalue weighted by atomic mass is 9.96. The van der Waals surface area contributed by atoms with Gasteiger partial charge in [-0.25, -0.2) is 9.18 Å². The highest BCUT2D eigenvalue weighted by Gasteiger charge is 2.29. The molecule has 4 bridgehead atoms. The highest BCUT2D eigenvalue weighted by atomic mass is 19.1. The standard InChI is InChI=1S/C23H27FN4O5/c24-16-5-3-12-8-14(16)11-19(23(32)33)28-22(31)18(2-1-7-25)27-21(30)17(26)10-15-9-13(12)4-6-20(15)29/h3-6,8-9,17-19,29H,1-2,7,10-11,25-26H2,(H,27,30)(H,28,31)(H,32,33)/t17?,18-,19-/m0/s1. The van der Waals surface area contributed by atoms with Crippen LogP contribution in [0, 0.1) is 5.82 Å². The molecule has 2 aromatic rings. The van der Waals surface area contributed by atoms with Gasteiger partial charge >= 0.3 is 5.97 Å². The number of phenolic OH excluding ortho intramolecular Hbond substituents is 1. The van der Waals surface area contributed by atoms with Gasteiger partial charge in [0.15, 0.2) is 0 Å². The predicted octanol–water partition coefficient (Wildman–Crippen LogP) is 0.417.